The number of ether oxygens (including phenoxy) is 1. The molecule has 2 fully saturated rings. The summed E-state index contributed by atoms with van der Waals surface area (Å²) in [5, 5.41) is 3.95. The molecular formula is C18H36N2O. The van der Waals surface area contributed by atoms with Gasteiger partial charge in [0.25, 0.3) is 0 Å². The summed E-state index contributed by atoms with van der Waals surface area (Å²) in [4.78, 5) is 2.76. The molecule has 3 nitrogen and oxygen atoms in total. The minimum atomic E-state index is 0.342. The summed E-state index contributed by atoms with van der Waals surface area (Å²) < 4.78 is 5.54. The van der Waals surface area contributed by atoms with Crippen molar-refractivity contribution in [1.29, 1.82) is 0 Å². The Balaban J connectivity index is 1.97. The molecule has 21 heavy (non-hydrogen) atoms. The lowest BCUT2D eigenvalue weighted by Crippen LogP contribution is -2.67. The van der Waals surface area contributed by atoms with Crippen LogP contribution in [0.5, 0.6) is 0 Å². The fraction of sp³-hybridized carbons (Fsp3) is 1.00. The zero-order valence-corrected chi connectivity index (χ0v) is 14.7. The van der Waals surface area contributed by atoms with Crippen LogP contribution in [0.1, 0.15) is 66.2 Å². The zero-order chi connectivity index (χ0) is 15.3. The maximum atomic E-state index is 5.54. The normalized spacial score (nSPS) is 27.1. The van der Waals surface area contributed by atoms with Gasteiger partial charge < -0.3 is 10.1 Å². The van der Waals surface area contributed by atoms with Crippen molar-refractivity contribution in [2.75, 3.05) is 32.8 Å². The van der Waals surface area contributed by atoms with Crippen molar-refractivity contribution in [3.05, 3.63) is 0 Å². The highest BCUT2D eigenvalue weighted by molar-refractivity contribution is 5.02. The van der Waals surface area contributed by atoms with Crippen molar-refractivity contribution in [3.8, 4) is 0 Å². The van der Waals surface area contributed by atoms with Crippen molar-refractivity contribution in [2.24, 2.45) is 5.41 Å². The van der Waals surface area contributed by atoms with Crippen LogP contribution in [-0.2, 0) is 4.74 Å². The maximum absolute atomic E-state index is 5.54. The third kappa shape index (κ3) is 4.67. The Labute approximate surface area is 131 Å². The van der Waals surface area contributed by atoms with E-state index in [9.17, 15) is 0 Å². The van der Waals surface area contributed by atoms with E-state index in [1.54, 1.807) is 0 Å². The molecule has 1 spiro atoms. The van der Waals surface area contributed by atoms with Crippen LogP contribution in [0.4, 0.5) is 0 Å². The Morgan fingerprint density at radius 1 is 1.19 bits per heavy atom. The van der Waals surface area contributed by atoms with Gasteiger partial charge in [0.1, 0.15) is 0 Å². The maximum Gasteiger partial charge on any atom is 0.0478 e. The second kappa shape index (κ2) is 7.43. The van der Waals surface area contributed by atoms with Crippen LogP contribution < -0.4 is 5.32 Å². The van der Waals surface area contributed by atoms with E-state index >= 15 is 0 Å². The van der Waals surface area contributed by atoms with Gasteiger partial charge in [0.2, 0.25) is 0 Å². The number of nitrogens with one attached hydrogen (secondary N) is 1. The van der Waals surface area contributed by atoms with Crippen molar-refractivity contribution in [1.82, 2.24) is 10.2 Å². The molecule has 2 aliphatic rings. The van der Waals surface area contributed by atoms with Crippen LogP contribution in [0.25, 0.3) is 0 Å². The third-order valence-corrected chi connectivity index (χ3v) is 5.37. The average molecular weight is 296 g/mol. The predicted octanol–water partition coefficient (Wildman–Crippen LogP) is 3.44. The summed E-state index contributed by atoms with van der Waals surface area (Å²) in [5.74, 6) is 0. The monoisotopic (exact) mass is 296 g/mol. The molecule has 1 heterocycles. The number of rotatable bonds is 5. The van der Waals surface area contributed by atoms with Gasteiger partial charge in [0, 0.05) is 44.4 Å². The second-order valence-electron chi connectivity index (χ2n) is 8.12. The number of hydrogen-bond donors (Lipinski definition) is 1. The van der Waals surface area contributed by atoms with Gasteiger partial charge in [-0.15, -0.1) is 0 Å². The Morgan fingerprint density at radius 2 is 1.90 bits per heavy atom. The minimum absolute atomic E-state index is 0.342. The molecule has 1 aliphatic heterocycles. The fourth-order valence-electron chi connectivity index (χ4n) is 4.16. The largest absolute Gasteiger partial charge is 0.382 e. The van der Waals surface area contributed by atoms with Crippen LogP contribution in [-0.4, -0.2) is 49.3 Å². The minimum Gasteiger partial charge on any atom is -0.382 e. The van der Waals surface area contributed by atoms with E-state index in [0.29, 0.717) is 17.0 Å². The molecule has 0 bridgehead atoms. The third-order valence-electron chi connectivity index (χ3n) is 5.37. The van der Waals surface area contributed by atoms with Gasteiger partial charge in [-0.25, -0.2) is 0 Å². The molecule has 1 saturated heterocycles. The predicted molar refractivity (Wildman–Crippen MR) is 89.7 cm³/mol. The molecule has 0 aromatic heterocycles. The smallest absolute Gasteiger partial charge is 0.0478 e. The molecule has 0 radical (unpaired) electrons. The van der Waals surface area contributed by atoms with Crippen LogP contribution in [0, 0.1) is 5.41 Å². The van der Waals surface area contributed by atoms with E-state index < -0.39 is 0 Å². The highest BCUT2D eigenvalue weighted by Gasteiger charge is 2.42. The van der Waals surface area contributed by atoms with E-state index in [0.717, 1.165) is 26.2 Å². The first kappa shape index (κ1) is 17.2. The van der Waals surface area contributed by atoms with Gasteiger partial charge in [0.05, 0.1) is 0 Å². The molecule has 2 rings (SSSR count). The van der Waals surface area contributed by atoms with E-state index in [4.69, 9.17) is 4.74 Å². The second-order valence-corrected chi connectivity index (χ2v) is 8.12. The molecule has 1 atom stereocenters. The average Bonchev–Trinajstić information content (AvgIpc) is 2.43. The van der Waals surface area contributed by atoms with Gasteiger partial charge in [-0.2, -0.15) is 0 Å². The Hall–Kier alpha value is -0.120. The van der Waals surface area contributed by atoms with E-state index in [1.165, 1.54) is 45.2 Å². The van der Waals surface area contributed by atoms with Crippen LogP contribution in [0.15, 0.2) is 0 Å². The molecule has 1 N–H and O–H groups in total. The molecule has 124 valence electrons. The molecule has 1 unspecified atom stereocenters. The number of hydrogen-bond acceptors (Lipinski definition) is 3. The first-order chi connectivity index (χ1) is 9.97. The number of nitrogens with zero attached hydrogens (tertiary/aromatic N) is 1. The fourth-order valence-corrected chi connectivity index (χ4v) is 4.16. The van der Waals surface area contributed by atoms with E-state index in [-0.39, 0.29) is 0 Å². The summed E-state index contributed by atoms with van der Waals surface area (Å²) in [6.07, 6.45) is 8.13. The van der Waals surface area contributed by atoms with Gasteiger partial charge in [-0.05, 0) is 31.6 Å². The van der Waals surface area contributed by atoms with Crippen molar-refractivity contribution in [2.45, 2.75) is 77.8 Å². The lowest BCUT2D eigenvalue weighted by Gasteiger charge is -2.53. The van der Waals surface area contributed by atoms with E-state index in [2.05, 4.69) is 37.9 Å². The van der Waals surface area contributed by atoms with Crippen LogP contribution in [0.2, 0.25) is 0 Å². The zero-order valence-electron chi connectivity index (χ0n) is 14.7. The van der Waals surface area contributed by atoms with Crippen LogP contribution in [0.3, 0.4) is 0 Å². The van der Waals surface area contributed by atoms with Crippen molar-refractivity contribution >= 4 is 0 Å². The molecule has 1 aliphatic carbocycles. The molecule has 0 amide bonds. The summed E-state index contributed by atoms with van der Waals surface area (Å²) in [5.41, 5.74) is 0.750. The SMILES string of the molecule is CCOCCCN1CC2(CCCCC2)NCC1C(C)(C)C. The molecule has 3 heteroatoms. The van der Waals surface area contributed by atoms with E-state index in [1.807, 2.05) is 0 Å². The van der Waals surface area contributed by atoms with Crippen molar-refractivity contribution < 1.29 is 4.74 Å². The Bertz CT molecular complexity index is 305. The van der Waals surface area contributed by atoms with Gasteiger partial charge in [0.15, 0.2) is 0 Å². The first-order valence-corrected chi connectivity index (χ1v) is 9.04. The lowest BCUT2D eigenvalue weighted by molar-refractivity contribution is 0.00288. The molecular weight excluding hydrogens is 260 g/mol. The van der Waals surface area contributed by atoms with Gasteiger partial charge in [-0.1, -0.05) is 40.0 Å². The first-order valence-electron chi connectivity index (χ1n) is 9.04. The highest BCUT2D eigenvalue weighted by atomic mass is 16.5. The van der Waals surface area contributed by atoms with Gasteiger partial charge in [-0.3, -0.25) is 4.90 Å². The summed E-state index contributed by atoms with van der Waals surface area (Å²) in [6.45, 7) is 14.6. The molecule has 0 aromatic rings. The van der Waals surface area contributed by atoms with Gasteiger partial charge >= 0.3 is 0 Å². The standard InChI is InChI=1S/C18H36N2O/c1-5-21-13-9-12-20-15-18(10-7-6-8-11-18)19-14-16(20)17(2,3)4/h16,19H,5-15H2,1-4H3. The lowest BCUT2D eigenvalue weighted by atomic mass is 9.76. The van der Waals surface area contributed by atoms with Crippen molar-refractivity contribution in [3.63, 3.8) is 0 Å². The molecule has 1 saturated carbocycles. The summed E-state index contributed by atoms with van der Waals surface area (Å²) in [7, 11) is 0. The quantitative estimate of drug-likeness (QED) is 0.787. The highest BCUT2D eigenvalue weighted by Crippen LogP contribution is 2.35. The Morgan fingerprint density at radius 3 is 2.52 bits per heavy atom. The number of piperazine rings is 1. The summed E-state index contributed by atoms with van der Waals surface area (Å²) >= 11 is 0. The molecule has 0 aromatic carbocycles. The summed E-state index contributed by atoms with van der Waals surface area (Å²) in [6, 6.07) is 0.645. The van der Waals surface area contributed by atoms with Crippen LogP contribution >= 0.6 is 0 Å². The topological polar surface area (TPSA) is 24.5 Å². The Kier molecular flexibility index (Phi) is 6.10.